The molecule has 0 aromatic heterocycles. The highest BCUT2D eigenvalue weighted by Gasteiger charge is 2.06. The molecule has 2 rings (SSSR count). The second-order valence-electron chi connectivity index (χ2n) is 5.35. The molecule has 0 saturated heterocycles. The molecule has 2 N–H and O–H groups in total. The van der Waals surface area contributed by atoms with Crippen LogP contribution >= 0.6 is 23.2 Å². The van der Waals surface area contributed by atoms with E-state index in [0.29, 0.717) is 27.2 Å². The molecule has 0 unspecified atom stereocenters. The van der Waals surface area contributed by atoms with Crippen molar-refractivity contribution >= 4 is 46.4 Å². The van der Waals surface area contributed by atoms with E-state index in [1.54, 1.807) is 43.3 Å². The standard InChI is InChI=1S/C18H17Cl2N3O3/c1-11(13-3-6-15(7-4-13)21-12(2)24)22-23-18(25)10-26-17-8-5-14(19)9-16(17)20/h3-9H,10H2,1-2H3,(H,21,24)(H,23,25)/b22-11-. The van der Waals surface area contributed by atoms with Gasteiger partial charge in [-0.2, -0.15) is 5.10 Å². The van der Waals surface area contributed by atoms with Crippen LogP contribution in [0.2, 0.25) is 10.0 Å². The van der Waals surface area contributed by atoms with E-state index >= 15 is 0 Å². The first kappa shape index (κ1) is 19.8. The topological polar surface area (TPSA) is 79.8 Å². The van der Waals surface area contributed by atoms with E-state index in [9.17, 15) is 9.59 Å². The Morgan fingerprint density at radius 3 is 2.38 bits per heavy atom. The summed E-state index contributed by atoms with van der Waals surface area (Å²) < 4.78 is 5.33. The van der Waals surface area contributed by atoms with Gasteiger partial charge < -0.3 is 10.1 Å². The maximum atomic E-state index is 11.8. The molecule has 2 aromatic carbocycles. The van der Waals surface area contributed by atoms with E-state index in [4.69, 9.17) is 27.9 Å². The zero-order valence-electron chi connectivity index (χ0n) is 14.2. The van der Waals surface area contributed by atoms with Gasteiger partial charge in [-0.15, -0.1) is 0 Å². The highest BCUT2D eigenvalue weighted by atomic mass is 35.5. The van der Waals surface area contributed by atoms with Crippen molar-refractivity contribution < 1.29 is 14.3 Å². The molecule has 0 aliphatic carbocycles. The molecule has 0 radical (unpaired) electrons. The smallest absolute Gasteiger partial charge is 0.277 e. The highest BCUT2D eigenvalue weighted by Crippen LogP contribution is 2.27. The van der Waals surface area contributed by atoms with Crippen molar-refractivity contribution in [2.75, 3.05) is 11.9 Å². The maximum Gasteiger partial charge on any atom is 0.277 e. The molecule has 0 aliphatic heterocycles. The molecule has 0 aliphatic rings. The monoisotopic (exact) mass is 393 g/mol. The van der Waals surface area contributed by atoms with Crippen LogP contribution < -0.4 is 15.5 Å². The van der Waals surface area contributed by atoms with Gasteiger partial charge in [0.2, 0.25) is 5.91 Å². The van der Waals surface area contributed by atoms with Gasteiger partial charge in [-0.3, -0.25) is 9.59 Å². The summed E-state index contributed by atoms with van der Waals surface area (Å²) in [5.41, 5.74) is 4.52. The van der Waals surface area contributed by atoms with E-state index in [1.807, 2.05) is 0 Å². The van der Waals surface area contributed by atoms with Crippen LogP contribution in [0.4, 0.5) is 5.69 Å². The summed E-state index contributed by atoms with van der Waals surface area (Å²) >= 11 is 11.8. The second kappa shape index (κ2) is 9.22. The molecule has 2 amide bonds. The van der Waals surface area contributed by atoms with Crippen LogP contribution in [0.3, 0.4) is 0 Å². The number of nitrogens with zero attached hydrogens (tertiary/aromatic N) is 1. The lowest BCUT2D eigenvalue weighted by atomic mass is 10.1. The first-order valence-corrected chi connectivity index (χ1v) is 8.40. The fourth-order valence-electron chi connectivity index (χ4n) is 1.98. The Labute approximate surface area is 161 Å². The Morgan fingerprint density at radius 1 is 1.08 bits per heavy atom. The van der Waals surface area contributed by atoms with Gasteiger partial charge >= 0.3 is 0 Å². The number of rotatable bonds is 6. The SMILES string of the molecule is CC(=O)Nc1ccc(/C(C)=N\NC(=O)COc2ccc(Cl)cc2Cl)cc1. The lowest BCUT2D eigenvalue weighted by Crippen LogP contribution is -2.25. The zero-order chi connectivity index (χ0) is 19.1. The van der Waals surface area contributed by atoms with E-state index in [1.165, 1.54) is 13.0 Å². The van der Waals surface area contributed by atoms with Crippen molar-refractivity contribution in [2.45, 2.75) is 13.8 Å². The average molecular weight is 394 g/mol. The average Bonchev–Trinajstić information content (AvgIpc) is 2.59. The van der Waals surface area contributed by atoms with Crippen molar-refractivity contribution in [3.05, 3.63) is 58.1 Å². The quantitative estimate of drug-likeness (QED) is 0.577. The molecule has 2 aromatic rings. The van der Waals surface area contributed by atoms with Gasteiger partial charge in [-0.25, -0.2) is 5.43 Å². The molecule has 0 heterocycles. The van der Waals surface area contributed by atoms with Crippen LogP contribution in [0, 0.1) is 0 Å². The van der Waals surface area contributed by atoms with Crippen LogP contribution in [-0.4, -0.2) is 24.1 Å². The van der Waals surface area contributed by atoms with Crippen LogP contribution in [0.15, 0.2) is 47.6 Å². The van der Waals surface area contributed by atoms with Crippen molar-refractivity contribution in [2.24, 2.45) is 5.10 Å². The van der Waals surface area contributed by atoms with E-state index in [2.05, 4.69) is 15.8 Å². The van der Waals surface area contributed by atoms with Gasteiger partial charge in [0.05, 0.1) is 10.7 Å². The summed E-state index contributed by atoms with van der Waals surface area (Å²) in [5, 5.41) is 7.51. The Hall–Kier alpha value is -2.57. The van der Waals surface area contributed by atoms with E-state index in [-0.39, 0.29) is 12.5 Å². The number of hydrogen-bond donors (Lipinski definition) is 2. The van der Waals surface area contributed by atoms with Gasteiger partial charge in [-0.1, -0.05) is 35.3 Å². The van der Waals surface area contributed by atoms with Gasteiger partial charge in [0.15, 0.2) is 6.61 Å². The number of ether oxygens (including phenoxy) is 1. The fraction of sp³-hybridized carbons (Fsp3) is 0.167. The third-order valence-electron chi connectivity index (χ3n) is 3.22. The number of anilines is 1. The normalized spacial score (nSPS) is 11.0. The molecular weight excluding hydrogens is 377 g/mol. The van der Waals surface area contributed by atoms with Gasteiger partial charge in [0.1, 0.15) is 5.75 Å². The minimum absolute atomic E-state index is 0.142. The summed E-state index contributed by atoms with van der Waals surface area (Å²) in [4.78, 5) is 22.8. The lowest BCUT2D eigenvalue weighted by Gasteiger charge is -2.08. The summed E-state index contributed by atoms with van der Waals surface area (Å²) in [6.45, 7) is 2.96. The number of nitrogens with one attached hydrogen (secondary N) is 2. The van der Waals surface area contributed by atoms with Crippen LogP contribution in [-0.2, 0) is 9.59 Å². The number of halogens is 2. The number of carbonyl (C=O) groups is 2. The fourth-order valence-corrected chi connectivity index (χ4v) is 2.44. The Kier molecular flexibility index (Phi) is 7.00. The summed E-state index contributed by atoms with van der Waals surface area (Å²) in [5.74, 6) is -0.207. The lowest BCUT2D eigenvalue weighted by molar-refractivity contribution is -0.123. The first-order valence-electron chi connectivity index (χ1n) is 7.64. The number of benzene rings is 2. The third kappa shape index (κ3) is 6.06. The highest BCUT2D eigenvalue weighted by molar-refractivity contribution is 6.35. The van der Waals surface area contributed by atoms with Crippen molar-refractivity contribution in [1.82, 2.24) is 5.43 Å². The van der Waals surface area contributed by atoms with Gasteiger partial charge in [0.25, 0.3) is 5.91 Å². The van der Waals surface area contributed by atoms with Crippen molar-refractivity contribution in [3.63, 3.8) is 0 Å². The Bertz CT molecular complexity index is 836. The predicted molar refractivity (Wildman–Crippen MR) is 103 cm³/mol. The molecule has 6 nitrogen and oxygen atoms in total. The van der Waals surface area contributed by atoms with E-state index in [0.717, 1.165) is 5.56 Å². The largest absolute Gasteiger partial charge is 0.482 e. The first-order chi connectivity index (χ1) is 12.3. The summed E-state index contributed by atoms with van der Waals surface area (Å²) in [6, 6.07) is 11.8. The van der Waals surface area contributed by atoms with Crippen molar-refractivity contribution in [1.29, 1.82) is 0 Å². The van der Waals surface area contributed by atoms with Gasteiger partial charge in [-0.05, 0) is 42.8 Å². The van der Waals surface area contributed by atoms with E-state index < -0.39 is 5.91 Å². The molecule has 0 atom stereocenters. The molecule has 26 heavy (non-hydrogen) atoms. The Morgan fingerprint density at radius 2 is 1.77 bits per heavy atom. The Balaban J connectivity index is 1.89. The number of amides is 2. The summed E-state index contributed by atoms with van der Waals surface area (Å²) in [7, 11) is 0. The molecular formula is C18H17Cl2N3O3. The molecule has 0 saturated carbocycles. The number of carbonyl (C=O) groups excluding carboxylic acids is 2. The molecule has 8 heteroatoms. The molecule has 136 valence electrons. The van der Waals surface area contributed by atoms with Crippen LogP contribution in [0.5, 0.6) is 5.75 Å². The predicted octanol–water partition coefficient (Wildman–Crippen LogP) is 3.87. The molecule has 0 spiro atoms. The maximum absolute atomic E-state index is 11.8. The van der Waals surface area contributed by atoms with Gasteiger partial charge in [0, 0.05) is 17.6 Å². The number of hydrazone groups is 1. The van der Waals surface area contributed by atoms with Crippen LogP contribution in [0.25, 0.3) is 0 Å². The number of hydrogen-bond acceptors (Lipinski definition) is 4. The minimum atomic E-state index is -0.426. The van der Waals surface area contributed by atoms with Crippen molar-refractivity contribution in [3.8, 4) is 5.75 Å². The third-order valence-corrected chi connectivity index (χ3v) is 3.75. The second-order valence-corrected chi connectivity index (χ2v) is 6.20. The minimum Gasteiger partial charge on any atom is -0.482 e. The molecule has 0 bridgehead atoms. The summed E-state index contributed by atoms with van der Waals surface area (Å²) in [6.07, 6.45) is 0. The van der Waals surface area contributed by atoms with Crippen LogP contribution in [0.1, 0.15) is 19.4 Å². The zero-order valence-corrected chi connectivity index (χ0v) is 15.7. The molecule has 0 fully saturated rings.